The summed E-state index contributed by atoms with van der Waals surface area (Å²) < 4.78 is 0. The van der Waals surface area contributed by atoms with E-state index in [1.165, 1.54) is 6.20 Å². The number of nitrogens with zero attached hydrogens (tertiary/aromatic N) is 2. The highest BCUT2D eigenvalue weighted by atomic mass is 35.5. The molecule has 1 aromatic heterocycles. The molecule has 1 amide bonds. The van der Waals surface area contributed by atoms with Crippen molar-refractivity contribution >= 4 is 52.2 Å². The Morgan fingerprint density at radius 1 is 0.962 bits per heavy atom. The molecule has 0 unspecified atom stereocenters. The van der Waals surface area contributed by atoms with Crippen LogP contribution in [-0.4, -0.2) is 10.9 Å². The summed E-state index contributed by atoms with van der Waals surface area (Å²) in [6.07, 6.45) is 1.04. The molecule has 0 saturated heterocycles. The summed E-state index contributed by atoms with van der Waals surface area (Å²) in [5.41, 5.74) is 2.08. The van der Waals surface area contributed by atoms with Gasteiger partial charge in [0.15, 0.2) is 0 Å². The van der Waals surface area contributed by atoms with Gasteiger partial charge in [-0.2, -0.15) is 0 Å². The van der Waals surface area contributed by atoms with Gasteiger partial charge < -0.3 is 5.32 Å². The molecular weight excluding hydrogens is 393 g/mol. The first-order valence-corrected chi connectivity index (χ1v) is 8.94. The fraction of sp³-hybridized carbons (Fsp3) is 0.0526. The van der Waals surface area contributed by atoms with Gasteiger partial charge in [-0.1, -0.05) is 59.1 Å². The molecule has 0 fully saturated rings. The van der Waals surface area contributed by atoms with E-state index in [9.17, 15) is 4.79 Å². The van der Waals surface area contributed by atoms with Gasteiger partial charge in [0.2, 0.25) is 0 Å². The van der Waals surface area contributed by atoms with Gasteiger partial charge in [0.1, 0.15) is 12.0 Å². The Labute approximate surface area is 165 Å². The molecule has 0 aliphatic carbocycles. The van der Waals surface area contributed by atoms with Crippen LogP contribution in [0, 0.1) is 0 Å². The average Bonchev–Trinajstić information content (AvgIpc) is 2.92. The van der Waals surface area contributed by atoms with E-state index < -0.39 is 6.17 Å². The van der Waals surface area contributed by atoms with E-state index in [-0.39, 0.29) is 5.91 Å². The second kappa shape index (κ2) is 6.80. The zero-order chi connectivity index (χ0) is 18.3. The van der Waals surface area contributed by atoms with Gasteiger partial charge in [-0.15, -0.1) is 0 Å². The molecule has 4 nitrogen and oxygen atoms in total. The quantitative estimate of drug-likeness (QED) is 0.599. The van der Waals surface area contributed by atoms with Crippen molar-refractivity contribution in [1.82, 2.24) is 4.98 Å². The Kier molecular flexibility index (Phi) is 4.49. The number of hydrogen-bond donors (Lipinski definition) is 1. The maximum Gasteiger partial charge on any atom is 0.261 e. The number of amides is 1. The number of hydrogen-bond acceptors (Lipinski definition) is 3. The van der Waals surface area contributed by atoms with Gasteiger partial charge in [0.05, 0.1) is 20.8 Å². The van der Waals surface area contributed by atoms with Crippen molar-refractivity contribution in [2.24, 2.45) is 0 Å². The molecule has 130 valence electrons. The molecule has 0 radical (unpaired) electrons. The molecule has 26 heavy (non-hydrogen) atoms. The van der Waals surface area contributed by atoms with Gasteiger partial charge >= 0.3 is 0 Å². The van der Waals surface area contributed by atoms with Crippen molar-refractivity contribution in [2.75, 3.05) is 10.2 Å². The van der Waals surface area contributed by atoms with E-state index in [1.54, 1.807) is 35.2 Å². The third-order valence-electron chi connectivity index (χ3n) is 4.17. The van der Waals surface area contributed by atoms with Crippen LogP contribution in [0.25, 0.3) is 0 Å². The first-order valence-electron chi connectivity index (χ1n) is 7.81. The zero-order valence-corrected chi connectivity index (χ0v) is 15.6. The Bertz CT molecular complexity index is 992. The Morgan fingerprint density at radius 2 is 1.77 bits per heavy atom. The third-order valence-corrected chi connectivity index (χ3v) is 5.21. The number of benzene rings is 2. The number of fused-ring (bicyclic) bond motifs is 1. The SMILES string of the molecule is O=C1c2ccccc2[C@H](Nc2cccc(Cl)c2Cl)N1c1ccc(Cl)cn1. The van der Waals surface area contributed by atoms with Crippen LogP contribution >= 0.6 is 34.8 Å². The lowest BCUT2D eigenvalue weighted by atomic mass is 10.1. The predicted octanol–water partition coefficient (Wildman–Crippen LogP) is 5.81. The first kappa shape index (κ1) is 17.2. The van der Waals surface area contributed by atoms with Crippen LogP contribution in [0.2, 0.25) is 15.1 Å². The van der Waals surface area contributed by atoms with Crippen molar-refractivity contribution in [3.63, 3.8) is 0 Å². The van der Waals surface area contributed by atoms with E-state index >= 15 is 0 Å². The van der Waals surface area contributed by atoms with Crippen LogP contribution in [0.15, 0.2) is 60.8 Å². The number of anilines is 2. The molecule has 2 aromatic carbocycles. The topological polar surface area (TPSA) is 45.2 Å². The third kappa shape index (κ3) is 2.90. The highest BCUT2D eigenvalue weighted by molar-refractivity contribution is 6.43. The molecule has 0 saturated carbocycles. The molecule has 1 aliphatic rings. The summed E-state index contributed by atoms with van der Waals surface area (Å²) in [7, 11) is 0. The number of halogens is 3. The number of pyridine rings is 1. The highest BCUT2D eigenvalue weighted by Crippen LogP contribution is 2.39. The van der Waals surface area contributed by atoms with Gasteiger partial charge in [0.25, 0.3) is 5.91 Å². The Hall–Kier alpha value is -2.27. The lowest BCUT2D eigenvalue weighted by Crippen LogP contribution is -2.33. The van der Waals surface area contributed by atoms with E-state index in [4.69, 9.17) is 34.8 Å². The summed E-state index contributed by atoms with van der Waals surface area (Å²) in [6, 6.07) is 16.1. The summed E-state index contributed by atoms with van der Waals surface area (Å²) in [5, 5.41) is 4.65. The van der Waals surface area contributed by atoms with Crippen LogP contribution in [-0.2, 0) is 0 Å². The number of aromatic nitrogens is 1. The summed E-state index contributed by atoms with van der Waals surface area (Å²) in [6.45, 7) is 0. The number of rotatable bonds is 3. The molecule has 1 aliphatic heterocycles. The van der Waals surface area contributed by atoms with E-state index in [2.05, 4.69) is 10.3 Å². The van der Waals surface area contributed by atoms with E-state index in [0.29, 0.717) is 32.1 Å². The fourth-order valence-electron chi connectivity index (χ4n) is 2.97. The standard InChI is InChI=1S/C19H12Cl3N3O/c20-11-8-9-16(23-10-11)25-18(12-4-1-2-5-13(12)19(25)26)24-15-7-3-6-14(21)17(15)22/h1-10,18,24H/t18-/m1/s1. The molecule has 0 bridgehead atoms. The second-order valence-electron chi connectivity index (χ2n) is 5.75. The maximum absolute atomic E-state index is 13.0. The van der Waals surface area contributed by atoms with Crippen molar-refractivity contribution < 1.29 is 4.79 Å². The van der Waals surface area contributed by atoms with Crippen molar-refractivity contribution in [3.05, 3.63) is 87.0 Å². The lowest BCUT2D eigenvalue weighted by molar-refractivity contribution is 0.0992. The molecule has 1 atom stereocenters. The number of carbonyl (C=O) groups excluding carboxylic acids is 1. The first-order chi connectivity index (χ1) is 12.6. The van der Waals surface area contributed by atoms with Crippen molar-refractivity contribution in [2.45, 2.75) is 6.17 Å². The summed E-state index contributed by atoms with van der Waals surface area (Å²) in [4.78, 5) is 18.9. The van der Waals surface area contributed by atoms with Crippen molar-refractivity contribution in [3.8, 4) is 0 Å². The minimum atomic E-state index is -0.469. The van der Waals surface area contributed by atoms with Crippen LogP contribution < -0.4 is 10.2 Å². The highest BCUT2D eigenvalue weighted by Gasteiger charge is 2.38. The number of carbonyl (C=O) groups is 1. The molecule has 0 spiro atoms. The summed E-state index contributed by atoms with van der Waals surface area (Å²) >= 11 is 18.4. The van der Waals surface area contributed by atoms with Gasteiger partial charge in [0, 0.05) is 17.3 Å². The minimum absolute atomic E-state index is 0.147. The van der Waals surface area contributed by atoms with Gasteiger partial charge in [-0.05, 0) is 30.3 Å². The Balaban J connectivity index is 1.81. The monoisotopic (exact) mass is 403 g/mol. The fourth-order valence-corrected chi connectivity index (χ4v) is 3.43. The largest absolute Gasteiger partial charge is 0.360 e. The normalized spacial score (nSPS) is 15.9. The van der Waals surface area contributed by atoms with Crippen LogP contribution in [0.1, 0.15) is 22.1 Å². The van der Waals surface area contributed by atoms with Crippen molar-refractivity contribution in [1.29, 1.82) is 0 Å². The smallest absolute Gasteiger partial charge is 0.261 e. The predicted molar refractivity (Wildman–Crippen MR) is 105 cm³/mol. The van der Waals surface area contributed by atoms with Crippen LogP contribution in [0.5, 0.6) is 0 Å². The second-order valence-corrected chi connectivity index (χ2v) is 6.97. The van der Waals surface area contributed by atoms with Gasteiger partial charge in [-0.25, -0.2) is 4.98 Å². The molecular formula is C19H12Cl3N3O. The van der Waals surface area contributed by atoms with E-state index in [1.807, 2.05) is 24.3 Å². The molecule has 4 rings (SSSR count). The van der Waals surface area contributed by atoms with Crippen LogP contribution in [0.4, 0.5) is 11.5 Å². The maximum atomic E-state index is 13.0. The van der Waals surface area contributed by atoms with Crippen LogP contribution in [0.3, 0.4) is 0 Å². The zero-order valence-electron chi connectivity index (χ0n) is 13.3. The van der Waals surface area contributed by atoms with E-state index in [0.717, 1.165) is 5.56 Å². The lowest BCUT2D eigenvalue weighted by Gasteiger charge is -2.26. The minimum Gasteiger partial charge on any atom is -0.360 e. The molecule has 3 aromatic rings. The molecule has 1 N–H and O–H groups in total. The average molecular weight is 405 g/mol. The molecule has 2 heterocycles. The number of nitrogens with one attached hydrogen (secondary N) is 1. The summed E-state index contributed by atoms with van der Waals surface area (Å²) in [5.74, 6) is 0.345. The van der Waals surface area contributed by atoms with Gasteiger partial charge in [-0.3, -0.25) is 9.69 Å². The molecule has 7 heteroatoms. The Morgan fingerprint density at radius 3 is 2.54 bits per heavy atom.